The highest BCUT2D eigenvalue weighted by Crippen LogP contribution is 2.38. The summed E-state index contributed by atoms with van der Waals surface area (Å²) in [5.74, 6) is -0.0458. The van der Waals surface area contributed by atoms with Crippen LogP contribution in [0.15, 0.2) is 58.9 Å². The van der Waals surface area contributed by atoms with E-state index in [2.05, 4.69) is 34.7 Å². The van der Waals surface area contributed by atoms with E-state index in [1.165, 1.54) is 35.2 Å². The Morgan fingerprint density at radius 3 is 2.50 bits per heavy atom. The first kappa shape index (κ1) is 20.3. The van der Waals surface area contributed by atoms with Crippen molar-refractivity contribution in [3.05, 3.63) is 66.0 Å². The molecule has 1 aromatic heterocycles. The maximum atomic E-state index is 13.1. The van der Waals surface area contributed by atoms with Crippen molar-refractivity contribution >= 4 is 39.8 Å². The summed E-state index contributed by atoms with van der Waals surface area (Å²) in [7, 11) is 0. The van der Waals surface area contributed by atoms with Crippen LogP contribution in [0.1, 0.15) is 24.7 Å². The Bertz CT molecular complexity index is 900. The van der Waals surface area contributed by atoms with Crippen molar-refractivity contribution in [2.45, 2.75) is 23.4 Å². The molecule has 1 amide bonds. The van der Waals surface area contributed by atoms with E-state index < -0.39 is 5.25 Å². The molecule has 0 fully saturated rings. The summed E-state index contributed by atoms with van der Waals surface area (Å²) in [5, 5.41) is 14.7. The third-order valence-corrected chi connectivity index (χ3v) is 5.96. The van der Waals surface area contributed by atoms with E-state index in [-0.39, 0.29) is 11.7 Å². The van der Waals surface area contributed by atoms with Crippen LogP contribution in [0.5, 0.6) is 0 Å². The van der Waals surface area contributed by atoms with Gasteiger partial charge in [-0.15, -0.1) is 10.2 Å². The molecule has 0 aliphatic carbocycles. The molecule has 2 N–H and O–H groups in total. The normalized spacial score (nSPS) is 12.0. The molecule has 0 bridgehead atoms. The summed E-state index contributed by atoms with van der Waals surface area (Å²) in [4.78, 5) is 12.9. The van der Waals surface area contributed by atoms with E-state index in [1.54, 1.807) is 12.1 Å². The molecule has 5 nitrogen and oxygen atoms in total. The van der Waals surface area contributed by atoms with Crippen LogP contribution >= 0.6 is 23.1 Å². The van der Waals surface area contributed by atoms with E-state index in [0.29, 0.717) is 15.9 Å². The summed E-state index contributed by atoms with van der Waals surface area (Å²) in [6.45, 7) is 5.05. The van der Waals surface area contributed by atoms with Gasteiger partial charge in [0.15, 0.2) is 4.34 Å². The minimum Gasteiger partial charge on any atom is -0.360 e. The molecule has 0 radical (unpaired) electrons. The number of anilines is 2. The molecule has 1 unspecified atom stereocenters. The number of hydrogen-bond donors (Lipinski definition) is 2. The summed E-state index contributed by atoms with van der Waals surface area (Å²) in [5.41, 5.74) is 1.41. The van der Waals surface area contributed by atoms with Crippen LogP contribution < -0.4 is 10.6 Å². The lowest BCUT2D eigenvalue weighted by molar-refractivity contribution is -0.115. The van der Waals surface area contributed by atoms with Gasteiger partial charge in [-0.25, -0.2) is 4.39 Å². The Labute approximate surface area is 171 Å². The molecule has 1 heterocycles. The summed E-state index contributed by atoms with van der Waals surface area (Å²) in [6, 6.07) is 15.2. The van der Waals surface area contributed by atoms with Crippen LogP contribution in [0.4, 0.5) is 15.2 Å². The minimum atomic E-state index is -0.503. The number of nitrogens with zero attached hydrogens (tertiary/aromatic N) is 2. The molecule has 0 aliphatic heterocycles. The fourth-order valence-electron chi connectivity index (χ4n) is 2.36. The van der Waals surface area contributed by atoms with Crippen LogP contribution in [-0.2, 0) is 4.79 Å². The van der Waals surface area contributed by atoms with Gasteiger partial charge in [0.05, 0.1) is 0 Å². The largest absolute Gasteiger partial charge is 0.360 e. The second kappa shape index (κ2) is 9.66. The number of hydrogen-bond acceptors (Lipinski definition) is 6. The molecule has 8 heteroatoms. The average Bonchev–Trinajstić information content (AvgIpc) is 3.14. The van der Waals surface area contributed by atoms with Crippen molar-refractivity contribution in [1.29, 1.82) is 0 Å². The Balaban J connectivity index is 1.76. The van der Waals surface area contributed by atoms with Crippen LogP contribution in [0.2, 0.25) is 0 Å². The highest BCUT2D eigenvalue weighted by molar-refractivity contribution is 8.02. The van der Waals surface area contributed by atoms with Crippen LogP contribution in [-0.4, -0.2) is 22.6 Å². The first-order valence-electron chi connectivity index (χ1n) is 8.86. The van der Waals surface area contributed by atoms with Gasteiger partial charge in [-0.1, -0.05) is 67.3 Å². The lowest BCUT2D eigenvalue weighted by Gasteiger charge is -2.15. The number of amides is 1. The second-order valence-corrected chi connectivity index (χ2v) is 8.88. The van der Waals surface area contributed by atoms with Gasteiger partial charge in [0.1, 0.15) is 11.1 Å². The Morgan fingerprint density at radius 1 is 1.11 bits per heavy atom. The predicted molar refractivity (Wildman–Crippen MR) is 113 cm³/mol. The van der Waals surface area contributed by atoms with Crippen molar-refractivity contribution < 1.29 is 9.18 Å². The first-order valence-corrected chi connectivity index (χ1v) is 10.6. The SMILES string of the molecule is CC(C)CNc1nnc(SC(C(=O)Nc2ccc(F)cc2)c2ccccc2)s1. The molecular formula is C20H21FN4OS2. The van der Waals surface area contributed by atoms with Crippen molar-refractivity contribution in [3.63, 3.8) is 0 Å². The Kier molecular flexibility index (Phi) is 7.00. The van der Waals surface area contributed by atoms with Gasteiger partial charge < -0.3 is 10.6 Å². The van der Waals surface area contributed by atoms with Crippen LogP contribution in [0.3, 0.4) is 0 Å². The molecule has 3 rings (SSSR count). The topological polar surface area (TPSA) is 66.9 Å². The highest BCUT2D eigenvalue weighted by Gasteiger charge is 2.24. The van der Waals surface area contributed by atoms with E-state index in [0.717, 1.165) is 17.2 Å². The Hall–Kier alpha value is -2.45. The van der Waals surface area contributed by atoms with Crippen molar-refractivity contribution in [3.8, 4) is 0 Å². The summed E-state index contributed by atoms with van der Waals surface area (Å²) in [6.07, 6.45) is 0. The molecule has 146 valence electrons. The molecule has 0 saturated carbocycles. The van der Waals surface area contributed by atoms with Crippen molar-refractivity contribution in [1.82, 2.24) is 10.2 Å². The van der Waals surface area contributed by atoms with E-state index >= 15 is 0 Å². The second-order valence-electron chi connectivity index (χ2n) is 6.55. The maximum absolute atomic E-state index is 13.1. The fraction of sp³-hybridized carbons (Fsp3) is 0.250. The molecule has 1 atom stereocenters. The monoisotopic (exact) mass is 416 g/mol. The standard InChI is InChI=1S/C20H21FN4OS2/c1-13(2)12-22-19-24-25-20(28-19)27-17(14-6-4-3-5-7-14)18(26)23-16-10-8-15(21)9-11-16/h3-11,13,17H,12H2,1-2H3,(H,22,24)(H,23,26). The van der Waals surface area contributed by atoms with Crippen LogP contribution in [0, 0.1) is 11.7 Å². The van der Waals surface area contributed by atoms with Gasteiger partial charge in [-0.3, -0.25) is 4.79 Å². The van der Waals surface area contributed by atoms with Gasteiger partial charge in [0.2, 0.25) is 11.0 Å². The number of thioether (sulfide) groups is 1. The Morgan fingerprint density at radius 2 is 1.82 bits per heavy atom. The molecule has 0 saturated heterocycles. The predicted octanol–water partition coefficient (Wildman–Crippen LogP) is 5.22. The zero-order valence-corrected chi connectivity index (χ0v) is 17.2. The lowest BCUT2D eigenvalue weighted by atomic mass is 10.1. The fourth-order valence-corrected chi connectivity index (χ4v) is 4.31. The maximum Gasteiger partial charge on any atom is 0.242 e. The number of benzene rings is 2. The summed E-state index contributed by atoms with van der Waals surface area (Å²) >= 11 is 2.77. The van der Waals surface area contributed by atoms with Gasteiger partial charge in [0.25, 0.3) is 0 Å². The lowest BCUT2D eigenvalue weighted by Crippen LogP contribution is -2.19. The number of nitrogens with one attached hydrogen (secondary N) is 2. The quantitative estimate of drug-likeness (QED) is 0.493. The van der Waals surface area contributed by atoms with Gasteiger partial charge in [-0.05, 0) is 35.7 Å². The van der Waals surface area contributed by atoms with Crippen molar-refractivity contribution in [2.24, 2.45) is 5.92 Å². The van der Waals surface area contributed by atoms with Gasteiger partial charge in [-0.2, -0.15) is 0 Å². The van der Waals surface area contributed by atoms with Gasteiger partial charge >= 0.3 is 0 Å². The zero-order valence-electron chi connectivity index (χ0n) is 15.6. The van der Waals surface area contributed by atoms with E-state index in [1.807, 2.05) is 30.3 Å². The molecule has 3 aromatic rings. The minimum absolute atomic E-state index is 0.199. The molecular weight excluding hydrogens is 395 g/mol. The molecule has 28 heavy (non-hydrogen) atoms. The van der Waals surface area contributed by atoms with E-state index in [4.69, 9.17) is 0 Å². The average molecular weight is 417 g/mol. The van der Waals surface area contributed by atoms with Gasteiger partial charge in [0, 0.05) is 12.2 Å². The smallest absolute Gasteiger partial charge is 0.242 e. The first-order chi connectivity index (χ1) is 13.5. The van der Waals surface area contributed by atoms with Crippen LogP contribution in [0.25, 0.3) is 0 Å². The highest BCUT2D eigenvalue weighted by atomic mass is 32.2. The zero-order chi connectivity index (χ0) is 19.9. The molecule has 0 spiro atoms. The third kappa shape index (κ3) is 5.77. The number of carbonyl (C=O) groups excluding carboxylic acids is 1. The number of aromatic nitrogens is 2. The molecule has 2 aromatic carbocycles. The summed E-state index contributed by atoms with van der Waals surface area (Å²) < 4.78 is 13.8. The number of halogens is 1. The van der Waals surface area contributed by atoms with E-state index in [9.17, 15) is 9.18 Å². The molecule has 0 aliphatic rings. The number of rotatable bonds is 8. The third-order valence-electron chi connectivity index (χ3n) is 3.74. The van der Waals surface area contributed by atoms with Crippen molar-refractivity contribution in [2.75, 3.05) is 17.2 Å². The number of carbonyl (C=O) groups is 1.